The summed E-state index contributed by atoms with van der Waals surface area (Å²) < 4.78 is 10.8. The van der Waals surface area contributed by atoms with Gasteiger partial charge in [0.05, 0.1) is 4.92 Å². The molecule has 3 rings (SSSR count). The maximum Gasteiger partial charge on any atom is 0.336 e. The number of rotatable bonds is 4. The van der Waals surface area contributed by atoms with Crippen molar-refractivity contribution in [3.8, 4) is 5.75 Å². The van der Waals surface area contributed by atoms with Crippen LogP contribution >= 0.6 is 11.3 Å². The lowest BCUT2D eigenvalue weighted by Crippen LogP contribution is -1.98. The van der Waals surface area contributed by atoms with Gasteiger partial charge in [0.25, 0.3) is 0 Å². The quantitative estimate of drug-likeness (QED) is 0.417. The Kier molecular flexibility index (Phi) is 3.64. The third kappa shape index (κ3) is 2.84. The van der Waals surface area contributed by atoms with Gasteiger partial charge in [-0.1, -0.05) is 11.3 Å². The SMILES string of the molecule is Cc1cc(=O)oc2ccc(OCc3ccc([N+](=O)[O-])s3)cc12. The minimum absolute atomic E-state index is 0.0923. The molecule has 3 aromatic rings. The molecule has 1 aromatic carbocycles. The van der Waals surface area contributed by atoms with Crippen LogP contribution in [0.3, 0.4) is 0 Å². The van der Waals surface area contributed by atoms with E-state index < -0.39 is 4.92 Å². The van der Waals surface area contributed by atoms with Gasteiger partial charge in [-0.2, -0.15) is 0 Å². The summed E-state index contributed by atoms with van der Waals surface area (Å²) in [7, 11) is 0. The zero-order chi connectivity index (χ0) is 15.7. The number of thiophene rings is 1. The number of benzene rings is 1. The molecule has 0 bridgehead atoms. The van der Waals surface area contributed by atoms with Gasteiger partial charge in [-0.3, -0.25) is 10.1 Å². The van der Waals surface area contributed by atoms with Crippen molar-refractivity contribution in [2.24, 2.45) is 0 Å². The standard InChI is InChI=1S/C15H11NO5S/c1-9-6-15(17)21-13-4-2-10(7-12(9)13)20-8-11-3-5-14(22-11)16(18)19/h2-7H,8H2,1H3. The largest absolute Gasteiger partial charge is 0.488 e. The Balaban J connectivity index is 1.81. The van der Waals surface area contributed by atoms with Crippen molar-refractivity contribution in [2.75, 3.05) is 0 Å². The average molecular weight is 317 g/mol. The maximum atomic E-state index is 11.3. The summed E-state index contributed by atoms with van der Waals surface area (Å²) in [5.41, 5.74) is 0.928. The monoisotopic (exact) mass is 317 g/mol. The topological polar surface area (TPSA) is 82.6 Å². The highest BCUT2D eigenvalue weighted by Gasteiger charge is 2.10. The van der Waals surface area contributed by atoms with Gasteiger partial charge >= 0.3 is 10.6 Å². The number of fused-ring (bicyclic) bond motifs is 1. The first kappa shape index (κ1) is 14.3. The van der Waals surface area contributed by atoms with Crippen LogP contribution in [0.5, 0.6) is 5.75 Å². The first-order chi connectivity index (χ1) is 10.5. The van der Waals surface area contributed by atoms with E-state index in [1.165, 1.54) is 12.1 Å². The Morgan fingerprint density at radius 3 is 2.82 bits per heavy atom. The van der Waals surface area contributed by atoms with E-state index in [4.69, 9.17) is 9.15 Å². The van der Waals surface area contributed by atoms with Gasteiger partial charge in [0, 0.05) is 22.4 Å². The van der Waals surface area contributed by atoms with Crippen LogP contribution in [0.4, 0.5) is 5.00 Å². The van der Waals surface area contributed by atoms with E-state index in [-0.39, 0.29) is 17.2 Å². The molecule has 0 saturated carbocycles. The highest BCUT2D eigenvalue weighted by molar-refractivity contribution is 7.15. The lowest BCUT2D eigenvalue weighted by Gasteiger charge is -2.06. The Morgan fingerprint density at radius 2 is 2.09 bits per heavy atom. The first-order valence-electron chi connectivity index (χ1n) is 6.43. The van der Waals surface area contributed by atoms with Crippen molar-refractivity contribution in [1.82, 2.24) is 0 Å². The average Bonchev–Trinajstić information content (AvgIpc) is 2.94. The summed E-state index contributed by atoms with van der Waals surface area (Å²) in [6.45, 7) is 2.07. The highest BCUT2D eigenvalue weighted by Crippen LogP contribution is 2.27. The van der Waals surface area contributed by atoms with E-state index in [0.29, 0.717) is 11.3 Å². The molecule has 2 heterocycles. The fraction of sp³-hybridized carbons (Fsp3) is 0.133. The zero-order valence-corrected chi connectivity index (χ0v) is 12.4. The summed E-state index contributed by atoms with van der Waals surface area (Å²) >= 11 is 1.09. The summed E-state index contributed by atoms with van der Waals surface area (Å²) in [6.07, 6.45) is 0. The smallest absolute Gasteiger partial charge is 0.336 e. The van der Waals surface area contributed by atoms with Crippen molar-refractivity contribution in [2.45, 2.75) is 13.5 Å². The molecule has 0 amide bonds. The van der Waals surface area contributed by atoms with Crippen LogP contribution in [0.15, 0.2) is 45.6 Å². The third-order valence-electron chi connectivity index (χ3n) is 3.13. The lowest BCUT2D eigenvalue weighted by molar-refractivity contribution is -0.380. The minimum Gasteiger partial charge on any atom is -0.488 e. The summed E-state index contributed by atoms with van der Waals surface area (Å²) in [5.74, 6) is 0.612. The van der Waals surface area contributed by atoms with Gasteiger partial charge in [-0.25, -0.2) is 4.79 Å². The summed E-state index contributed by atoms with van der Waals surface area (Å²) in [6, 6.07) is 9.73. The predicted molar refractivity (Wildman–Crippen MR) is 82.5 cm³/mol. The molecule has 112 valence electrons. The lowest BCUT2D eigenvalue weighted by atomic mass is 10.1. The summed E-state index contributed by atoms with van der Waals surface area (Å²) in [4.78, 5) is 22.3. The normalized spacial score (nSPS) is 10.8. The van der Waals surface area contributed by atoms with Crippen molar-refractivity contribution in [3.63, 3.8) is 0 Å². The molecule has 0 N–H and O–H groups in total. The molecule has 2 aromatic heterocycles. The van der Waals surface area contributed by atoms with Crippen molar-refractivity contribution >= 4 is 27.3 Å². The van der Waals surface area contributed by atoms with Crippen LogP contribution in [-0.2, 0) is 6.61 Å². The second-order valence-electron chi connectivity index (χ2n) is 4.69. The first-order valence-corrected chi connectivity index (χ1v) is 7.25. The molecule has 0 aliphatic heterocycles. The highest BCUT2D eigenvalue weighted by atomic mass is 32.1. The number of ether oxygens (including phenoxy) is 1. The van der Waals surface area contributed by atoms with Crippen LogP contribution in [-0.4, -0.2) is 4.92 Å². The zero-order valence-electron chi connectivity index (χ0n) is 11.6. The van der Waals surface area contributed by atoms with Gasteiger partial charge in [0.2, 0.25) is 0 Å². The van der Waals surface area contributed by atoms with Crippen LogP contribution in [0.1, 0.15) is 10.4 Å². The molecular formula is C15H11NO5S. The number of hydrogen-bond acceptors (Lipinski definition) is 6. The predicted octanol–water partition coefficient (Wildman–Crippen LogP) is 3.65. The second-order valence-corrected chi connectivity index (χ2v) is 5.84. The maximum absolute atomic E-state index is 11.3. The van der Waals surface area contributed by atoms with Crippen molar-refractivity contribution in [1.29, 1.82) is 0 Å². The van der Waals surface area contributed by atoms with Crippen molar-refractivity contribution in [3.05, 3.63) is 67.4 Å². The third-order valence-corrected chi connectivity index (χ3v) is 4.14. The number of hydrogen-bond donors (Lipinski definition) is 0. The van der Waals surface area contributed by atoms with Crippen LogP contribution in [0, 0.1) is 17.0 Å². The van der Waals surface area contributed by atoms with Gasteiger partial charge in [-0.15, -0.1) is 0 Å². The van der Waals surface area contributed by atoms with Gasteiger partial charge in [0.15, 0.2) is 0 Å². The molecule has 6 nitrogen and oxygen atoms in total. The van der Waals surface area contributed by atoms with E-state index >= 15 is 0 Å². The van der Waals surface area contributed by atoms with Crippen molar-refractivity contribution < 1.29 is 14.1 Å². The molecule has 0 radical (unpaired) electrons. The molecule has 0 spiro atoms. The molecule has 22 heavy (non-hydrogen) atoms. The fourth-order valence-corrected chi connectivity index (χ4v) is 2.82. The molecule has 0 aliphatic carbocycles. The second kappa shape index (κ2) is 5.61. The molecule has 0 unspecified atom stereocenters. The van der Waals surface area contributed by atoms with Crippen LogP contribution in [0.2, 0.25) is 0 Å². The molecule has 0 aliphatic rings. The number of nitrogens with zero attached hydrogens (tertiary/aromatic N) is 1. The molecule has 0 fully saturated rings. The Hall–Kier alpha value is -2.67. The number of aryl methyl sites for hydroxylation is 1. The Labute approximate surface area is 128 Å². The van der Waals surface area contributed by atoms with Gasteiger partial charge in [-0.05, 0) is 36.8 Å². The molecule has 0 saturated heterocycles. The van der Waals surface area contributed by atoms with E-state index in [2.05, 4.69) is 0 Å². The van der Waals surface area contributed by atoms with Crippen LogP contribution < -0.4 is 10.4 Å². The van der Waals surface area contributed by atoms with E-state index in [9.17, 15) is 14.9 Å². The van der Waals surface area contributed by atoms with E-state index in [0.717, 1.165) is 27.2 Å². The van der Waals surface area contributed by atoms with Gasteiger partial charge in [0.1, 0.15) is 17.9 Å². The van der Waals surface area contributed by atoms with Crippen LogP contribution in [0.25, 0.3) is 11.0 Å². The fourth-order valence-electron chi connectivity index (χ4n) is 2.09. The van der Waals surface area contributed by atoms with E-state index in [1.807, 2.05) is 6.92 Å². The Bertz CT molecular complexity index is 912. The molecule has 0 atom stereocenters. The van der Waals surface area contributed by atoms with E-state index in [1.54, 1.807) is 24.3 Å². The molecule has 7 heteroatoms. The Morgan fingerprint density at radius 1 is 1.27 bits per heavy atom. The van der Waals surface area contributed by atoms with Gasteiger partial charge < -0.3 is 9.15 Å². The number of nitro groups is 1. The molecular weight excluding hydrogens is 306 g/mol. The summed E-state index contributed by atoms with van der Waals surface area (Å²) in [5, 5.41) is 11.5. The minimum atomic E-state index is -0.421.